The number of rotatable bonds is 8. The number of para-hydroxylation sites is 1. The average Bonchev–Trinajstić information content (AvgIpc) is 2.68. The van der Waals surface area contributed by atoms with Gasteiger partial charge in [0.2, 0.25) is 0 Å². The van der Waals surface area contributed by atoms with Crippen LogP contribution in [0.4, 0.5) is 30.7 Å². The topological polar surface area (TPSA) is 9.23 Å². The van der Waals surface area contributed by atoms with Gasteiger partial charge in [-0.25, -0.2) is 0 Å². The van der Waals surface area contributed by atoms with Gasteiger partial charge in [-0.3, -0.25) is 0 Å². The highest BCUT2D eigenvalue weighted by Crippen LogP contribution is 2.60. The standard InChI is InChI=1S/C21H21F7O/c1-3-4-14-18(15-10-6-5-7-11-15,16-12-8-9-13-17(16)29-2)19(22,23)20(24,25)21(26,27)28/h5-13H,3-4,14H2,1-2H3. The van der Waals surface area contributed by atoms with Gasteiger partial charge in [-0.05, 0) is 18.1 Å². The summed E-state index contributed by atoms with van der Waals surface area (Å²) in [5.41, 5.74) is -3.72. The number of ether oxygens (including phenoxy) is 1. The minimum absolute atomic E-state index is 0.00350. The summed E-state index contributed by atoms with van der Waals surface area (Å²) in [7, 11) is 1.15. The molecule has 0 saturated heterocycles. The highest BCUT2D eigenvalue weighted by molar-refractivity contribution is 5.50. The summed E-state index contributed by atoms with van der Waals surface area (Å²) in [6.07, 6.45) is -6.76. The maximum Gasteiger partial charge on any atom is 0.459 e. The number of unbranched alkanes of at least 4 members (excludes halogenated alkanes) is 1. The molecular formula is C21H21F7O. The Morgan fingerprint density at radius 2 is 1.31 bits per heavy atom. The Labute approximate surface area is 164 Å². The third-order valence-electron chi connectivity index (χ3n) is 5.03. The van der Waals surface area contributed by atoms with E-state index in [4.69, 9.17) is 4.74 Å². The molecule has 1 nitrogen and oxygen atoms in total. The fourth-order valence-corrected chi connectivity index (χ4v) is 3.55. The highest BCUT2D eigenvalue weighted by atomic mass is 19.4. The van der Waals surface area contributed by atoms with E-state index in [2.05, 4.69) is 0 Å². The van der Waals surface area contributed by atoms with Crippen molar-refractivity contribution in [1.82, 2.24) is 0 Å². The number of benzene rings is 2. The van der Waals surface area contributed by atoms with E-state index < -0.39 is 35.4 Å². The number of alkyl halides is 7. The van der Waals surface area contributed by atoms with Crippen LogP contribution in [-0.2, 0) is 5.41 Å². The quantitative estimate of drug-likeness (QED) is 0.416. The van der Waals surface area contributed by atoms with Crippen molar-refractivity contribution in [2.24, 2.45) is 0 Å². The first-order chi connectivity index (χ1) is 13.5. The van der Waals surface area contributed by atoms with Crippen LogP contribution in [0.5, 0.6) is 5.75 Å². The van der Waals surface area contributed by atoms with Crippen molar-refractivity contribution in [1.29, 1.82) is 0 Å². The molecule has 1 atom stereocenters. The van der Waals surface area contributed by atoms with Crippen LogP contribution in [-0.4, -0.2) is 25.1 Å². The fraction of sp³-hybridized carbons (Fsp3) is 0.429. The van der Waals surface area contributed by atoms with Crippen molar-refractivity contribution in [3.05, 3.63) is 65.7 Å². The molecule has 0 aliphatic rings. The van der Waals surface area contributed by atoms with E-state index in [1.807, 2.05) is 0 Å². The molecule has 160 valence electrons. The highest BCUT2D eigenvalue weighted by Gasteiger charge is 2.79. The first-order valence-corrected chi connectivity index (χ1v) is 8.98. The van der Waals surface area contributed by atoms with Crippen LogP contribution in [0.1, 0.15) is 37.3 Å². The second kappa shape index (κ2) is 8.24. The summed E-state index contributed by atoms with van der Waals surface area (Å²) in [6, 6.07) is 11.5. The third kappa shape index (κ3) is 3.69. The van der Waals surface area contributed by atoms with E-state index in [-0.39, 0.29) is 17.7 Å². The summed E-state index contributed by atoms with van der Waals surface area (Å²) < 4.78 is 104. The van der Waals surface area contributed by atoms with Crippen molar-refractivity contribution >= 4 is 0 Å². The normalized spacial score (nSPS) is 15.1. The van der Waals surface area contributed by atoms with Gasteiger partial charge in [0.15, 0.2) is 0 Å². The molecule has 0 amide bonds. The van der Waals surface area contributed by atoms with Gasteiger partial charge < -0.3 is 4.74 Å². The molecule has 0 N–H and O–H groups in total. The second-order valence-corrected chi connectivity index (χ2v) is 6.72. The zero-order valence-corrected chi connectivity index (χ0v) is 15.9. The molecule has 0 saturated carbocycles. The van der Waals surface area contributed by atoms with Gasteiger partial charge in [0.05, 0.1) is 12.5 Å². The van der Waals surface area contributed by atoms with Crippen LogP contribution >= 0.6 is 0 Å². The Bertz CT molecular complexity index is 802. The lowest BCUT2D eigenvalue weighted by atomic mass is 9.64. The van der Waals surface area contributed by atoms with Gasteiger partial charge in [0.25, 0.3) is 0 Å². The van der Waals surface area contributed by atoms with E-state index in [9.17, 15) is 22.0 Å². The molecule has 0 heterocycles. The summed E-state index contributed by atoms with van der Waals surface area (Å²) in [5.74, 6) is -12.0. The molecule has 0 aliphatic carbocycles. The molecule has 1 unspecified atom stereocenters. The lowest BCUT2D eigenvalue weighted by molar-refractivity contribution is -0.367. The monoisotopic (exact) mass is 422 g/mol. The Morgan fingerprint density at radius 1 is 0.759 bits per heavy atom. The third-order valence-corrected chi connectivity index (χ3v) is 5.03. The van der Waals surface area contributed by atoms with Crippen LogP contribution in [0.2, 0.25) is 0 Å². The Hall–Kier alpha value is -2.25. The van der Waals surface area contributed by atoms with Crippen LogP contribution < -0.4 is 4.74 Å². The molecule has 0 aliphatic heterocycles. The molecule has 0 aromatic heterocycles. The van der Waals surface area contributed by atoms with E-state index in [1.54, 1.807) is 6.92 Å². The Kier molecular flexibility index (Phi) is 6.55. The van der Waals surface area contributed by atoms with Gasteiger partial charge in [0, 0.05) is 5.56 Å². The van der Waals surface area contributed by atoms with Gasteiger partial charge in [-0.15, -0.1) is 0 Å². The largest absolute Gasteiger partial charge is 0.496 e. The average molecular weight is 422 g/mol. The van der Waals surface area contributed by atoms with Gasteiger partial charge in [-0.1, -0.05) is 68.3 Å². The summed E-state index contributed by atoms with van der Waals surface area (Å²) in [4.78, 5) is 0. The number of hydrogen-bond donors (Lipinski definition) is 0. The summed E-state index contributed by atoms with van der Waals surface area (Å²) in [6.45, 7) is 1.64. The van der Waals surface area contributed by atoms with Crippen LogP contribution in [0.15, 0.2) is 54.6 Å². The minimum Gasteiger partial charge on any atom is -0.496 e. The van der Waals surface area contributed by atoms with E-state index in [0.717, 1.165) is 25.3 Å². The first-order valence-electron chi connectivity index (χ1n) is 8.98. The zero-order chi connectivity index (χ0) is 21.9. The van der Waals surface area contributed by atoms with Crippen molar-refractivity contribution in [3.63, 3.8) is 0 Å². The predicted molar refractivity (Wildman–Crippen MR) is 95.7 cm³/mol. The first kappa shape index (κ1) is 23.0. The lowest BCUT2D eigenvalue weighted by Gasteiger charge is -2.45. The molecule has 2 aromatic carbocycles. The van der Waals surface area contributed by atoms with Crippen molar-refractivity contribution in [3.8, 4) is 5.75 Å². The van der Waals surface area contributed by atoms with E-state index in [1.165, 1.54) is 36.4 Å². The van der Waals surface area contributed by atoms with Crippen LogP contribution in [0.25, 0.3) is 0 Å². The minimum atomic E-state index is -6.44. The maximum atomic E-state index is 15.5. The zero-order valence-electron chi connectivity index (χ0n) is 15.9. The van der Waals surface area contributed by atoms with Gasteiger partial charge in [-0.2, -0.15) is 30.7 Å². The molecule has 0 bridgehead atoms. The molecule has 0 radical (unpaired) electrons. The van der Waals surface area contributed by atoms with Gasteiger partial charge in [0.1, 0.15) is 5.75 Å². The summed E-state index contributed by atoms with van der Waals surface area (Å²) >= 11 is 0. The number of methoxy groups -OCH3 is 1. The fourth-order valence-electron chi connectivity index (χ4n) is 3.55. The van der Waals surface area contributed by atoms with Gasteiger partial charge >= 0.3 is 18.0 Å². The number of hydrogen-bond acceptors (Lipinski definition) is 1. The van der Waals surface area contributed by atoms with E-state index >= 15 is 8.78 Å². The van der Waals surface area contributed by atoms with Crippen molar-refractivity contribution < 1.29 is 35.5 Å². The van der Waals surface area contributed by atoms with Crippen LogP contribution in [0, 0.1) is 0 Å². The lowest BCUT2D eigenvalue weighted by Crippen LogP contribution is -2.63. The molecule has 29 heavy (non-hydrogen) atoms. The number of halogens is 7. The Morgan fingerprint density at radius 3 is 1.83 bits per heavy atom. The molecular weight excluding hydrogens is 401 g/mol. The molecule has 0 spiro atoms. The SMILES string of the molecule is CCCCC(c1ccccc1)(c1ccccc1OC)C(F)(F)C(F)(F)C(F)(F)F. The molecule has 2 aromatic rings. The molecule has 0 fully saturated rings. The second-order valence-electron chi connectivity index (χ2n) is 6.72. The van der Waals surface area contributed by atoms with Crippen molar-refractivity contribution in [2.75, 3.05) is 7.11 Å². The molecule has 8 heteroatoms. The predicted octanol–water partition coefficient (Wildman–Crippen LogP) is 7.00. The maximum absolute atomic E-state index is 15.5. The smallest absolute Gasteiger partial charge is 0.459 e. The molecule has 2 rings (SSSR count). The van der Waals surface area contributed by atoms with Crippen molar-refractivity contribution in [2.45, 2.75) is 49.6 Å². The van der Waals surface area contributed by atoms with E-state index in [0.29, 0.717) is 6.42 Å². The Balaban J connectivity index is 2.97. The summed E-state index contributed by atoms with van der Waals surface area (Å²) in [5, 5.41) is 0. The van der Waals surface area contributed by atoms with Crippen LogP contribution in [0.3, 0.4) is 0 Å².